The number of aromatic nitrogens is 1. The Bertz CT molecular complexity index is 632. The van der Waals surface area contributed by atoms with E-state index in [1.807, 2.05) is 27.9 Å². The molecule has 1 aromatic heterocycles. The number of hydrogen-bond acceptors (Lipinski definition) is 4. The Labute approximate surface area is 186 Å². The van der Waals surface area contributed by atoms with Gasteiger partial charge >= 0.3 is 0 Å². The van der Waals surface area contributed by atoms with Gasteiger partial charge in [0, 0.05) is 32.7 Å². The second-order valence-corrected chi connectivity index (χ2v) is 7.72. The Hall–Kier alpha value is -1.32. The smallest absolute Gasteiger partial charge is 0.230 e. The molecule has 0 aliphatic heterocycles. The lowest BCUT2D eigenvalue weighted by atomic mass is 9.85. The molecule has 0 aromatic carbocycles. The van der Waals surface area contributed by atoms with Crippen molar-refractivity contribution in [3.63, 3.8) is 0 Å². The minimum atomic E-state index is -0.331. The van der Waals surface area contributed by atoms with Crippen LogP contribution in [0, 0.1) is 19.3 Å². The summed E-state index contributed by atoms with van der Waals surface area (Å²) < 4.78 is 5.22. The zero-order valence-corrected chi connectivity index (χ0v) is 20.3. The van der Waals surface area contributed by atoms with Crippen molar-refractivity contribution in [2.45, 2.75) is 59.3 Å². The van der Waals surface area contributed by atoms with Crippen LogP contribution >= 0.6 is 24.0 Å². The average Bonchev–Trinajstić information content (AvgIpc) is 3.24. The molecule has 1 aliphatic carbocycles. The Morgan fingerprint density at radius 3 is 2.46 bits per heavy atom. The highest BCUT2D eigenvalue weighted by Gasteiger charge is 2.42. The number of halogens is 1. The first kappa shape index (κ1) is 24.7. The van der Waals surface area contributed by atoms with Gasteiger partial charge in [-0.1, -0.05) is 18.0 Å². The third-order valence-corrected chi connectivity index (χ3v) is 5.38. The van der Waals surface area contributed by atoms with E-state index in [4.69, 9.17) is 9.52 Å². The van der Waals surface area contributed by atoms with Gasteiger partial charge in [0.25, 0.3) is 0 Å². The van der Waals surface area contributed by atoms with Crippen molar-refractivity contribution in [1.82, 2.24) is 20.7 Å². The third-order valence-electron chi connectivity index (χ3n) is 5.38. The molecular formula is C20H36IN5O2. The van der Waals surface area contributed by atoms with E-state index in [1.54, 1.807) is 4.90 Å². The molecule has 1 heterocycles. The first-order valence-corrected chi connectivity index (χ1v) is 10.1. The number of hydrogen-bond donors (Lipinski definition) is 2. The van der Waals surface area contributed by atoms with Crippen molar-refractivity contribution in [3.8, 4) is 0 Å². The Morgan fingerprint density at radius 1 is 1.25 bits per heavy atom. The van der Waals surface area contributed by atoms with E-state index in [0.717, 1.165) is 69.0 Å². The largest absolute Gasteiger partial charge is 0.361 e. The molecule has 8 heteroatoms. The summed E-state index contributed by atoms with van der Waals surface area (Å²) >= 11 is 0. The monoisotopic (exact) mass is 505 g/mol. The molecule has 2 rings (SSSR count). The first-order valence-electron chi connectivity index (χ1n) is 10.1. The second-order valence-electron chi connectivity index (χ2n) is 7.72. The van der Waals surface area contributed by atoms with Gasteiger partial charge in [0.15, 0.2) is 5.96 Å². The summed E-state index contributed by atoms with van der Waals surface area (Å²) in [4.78, 5) is 19.2. The van der Waals surface area contributed by atoms with E-state index >= 15 is 0 Å². The highest BCUT2D eigenvalue weighted by atomic mass is 127. The van der Waals surface area contributed by atoms with Gasteiger partial charge in [0.2, 0.25) is 5.91 Å². The lowest BCUT2D eigenvalue weighted by molar-refractivity contribution is -0.138. The fraction of sp³-hybridized carbons (Fsp3) is 0.750. The predicted molar refractivity (Wildman–Crippen MR) is 123 cm³/mol. The summed E-state index contributed by atoms with van der Waals surface area (Å²) in [5.41, 5.74) is 1.83. The van der Waals surface area contributed by atoms with Crippen LogP contribution in [-0.4, -0.2) is 55.7 Å². The fourth-order valence-corrected chi connectivity index (χ4v) is 3.87. The van der Waals surface area contributed by atoms with E-state index in [0.29, 0.717) is 6.54 Å². The van der Waals surface area contributed by atoms with Gasteiger partial charge in [0.05, 0.1) is 17.7 Å². The van der Waals surface area contributed by atoms with E-state index in [-0.39, 0.29) is 35.3 Å². The number of guanidine groups is 1. The quantitative estimate of drug-likeness (QED) is 0.246. The number of carbonyl (C=O) groups is 1. The van der Waals surface area contributed by atoms with Crippen LogP contribution < -0.4 is 10.6 Å². The molecule has 0 saturated heterocycles. The molecule has 0 bridgehead atoms. The Kier molecular flexibility index (Phi) is 10.3. The van der Waals surface area contributed by atoms with Crippen LogP contribution in [0.25, 0.3) is 0 Å². The number of nitrogens with zero attached hydrogens (tertiary/aromatic N) is 3. The maximum absolute atomic E-state index is 12.7. The SMILES string of the molecule is CCNC(=NCC1(C(=O)N(C)C)CCCC1)NCCCc1c(C)noc1C.I. The zero-order valence-electron chi connectivity index (χ0n) is 17.9. The molecule has 28 heavy (non-hydrogen) atoms. The number of amides is 1. The summed E-state index contributed by atoms with van der Waals surface area (Å²) in [6.07, 6.45) is 5.97. The van der Waals surface area contributed by atoms with Gasteiger partial charge in [0.1, 0.15) is 5.76 Å². The molecule has 1 aliphatic rings. The second kappa shape index (κ2) is 11.6. The third kappa shape index (κ3) is 6.35. The molecular weight excluding hydrogens is 469 g/mol. The van der Waals surface area contributed by atoms with Gasteiger partial charge in [-0.2, -0.15) is 0 Å². The molecule has 0 radical (unpaired) electrons. The van der Waals surface area contributed by atoms with Crippen LogP contribution in [0.3, 0.4) is 0 Å². The van der Waals surface area contributed by atoms with Crippen molar-refractivity contribution >= 4 is 35.8 Å². The van der Waals surface area contributed by atoms with Gasteiger partial charge in [-0.15, -0.1) is 24.0 Å². The predicted octanol–water partition coefficient (Wildman–Crippen LogP) is 3.05. The summed E-state index contributed by atoms with van der Waals surface area (Å²) in [7, 11) is 3.68. The Morgan fingerprint density at radius 2 is 1.93 bits per heavy atom. The van der Waals surface area contributed by atoms with E-state index in [9.17, 15) is 4.79 Å². The number of carbonyl (C=O) groups excluding carboxylic acids is 1. The Balaban J connectivity index is 0.00000392. The molecule has 1 aromatic rings. The van der Waals surface area contributed by atoms with Crippen LogP contribution in [0.4, 0.5) is 0 Å². The van der Waals surface area contributed by atoms with Gasteiger partial charge in [-0.3, -0.25) is 9.79 Å². The van der Waals surface area contributed by atoms with Gasteiger partial charge < -0.3 is 20.1 Å². The number of aryl methyl sites for hydroxylation is 2. The summed E-state index contributed by atoms with van der Waals surface area (Å²) in [6, 6.07) is 0. The number of aliphatic imine (C=N–C) groups is 1. The van der Waals surface area contributed by atoms with Crippen LogP contribution in [0.5, 0.6) is 0 Å². The van der Waals surface area contributed by atoms with Crippen molar-refractivity contribution in [1.29, 1.82) is 0 Å². The van der Waals surface area contributed by atoms with Crippen molar-refractivity contribution in [2.24, 2.45) is 10.4 Å². The molecule has 1 saturated carbocycles. The van der Waals surface area contributed by atoms with Crippen molar-refractivity contribution in [2.75, 3.05) is 33.7 Å². The fourth-order valence-electron chi connectivity index (χ4n) is 3.87. The molecule has 1 fully saturated rings. The molecule has 0 spiro atoms. The molecule has 0 unspecified atom stereocenters. The number of nitrogens with one attached hydrogen (secondary N) is 2. The zero-order chi connectivity index (χ0) is 19.9. The molecule has 7 nitrogen and oxygen atoms in total. The standard InChI is InChI=1S/C20H35N5O2.HI/c1-6-21-19(22-13-9-10-17-15(2)24-27-16(17)3)23-14-20(11-7-8-12-20)18(26)25(4)5;/h6-14H2,1-5H3,(H2,21,22,23);1H. The summed E-state index contributed by atoms with van der Waals surface area (Å²) in [5, 5.41) is 10.7. The van der Waals surface area contributed by atoms with Gasteiger partial charge in [-0.05, 0) is 46.5 Å². The highest BCUT2D eigenvalue weighted by molar-refractivity contribution is 14.0. The molecule has 160 valence electrons. The average molecular weight is 505 g/mol. The first-order chi connectivity index (χ1) is 12.9. The van der Waals surface area contributed by atoms with E-state index in [2.05, 4.69) is 22.7 Å². The molecule has 0 atom stereocenters. The topological polar surface area (TPSA) is 82.8 Å². The van der Waals surface area contributed by atoms with Crippen LogP contribution in [0.2, 0.25) is 0 Å². The highest BCUT2D eigenvalue weighted by Crippen LogP contribution is 2.39. The maximum Gasteiger partial charge on any atom is 0.230 e. The minimum absolute atomic E-state index is 0. The molecule has 1 amide bonds. The van der Waals surface area contributed by atoms with Crippen LogP contribution in [0.15, 0.2) is 9.52 Å². The summed E-state index contributed by atoms with van der Waals surface area (Å²) in [5.74, 6) is 1.89. The minimum Gasteiger partial charge on any atom is -0.361 e. The number of rotatable bonds is 8. The van der Waals surface area contributed by atoms with Crippen molar-refractivity contribution in [3.05, 3.63) is 17.0 Å². The maximum atomic E-state index is 12.7. The van der Waals surface area contributed by atoms with Gasteiger partial charge in [-0.25, -0.2) is 0 Å². The van der Waals surface area contributed by atoms with Crippen molar-refractivity contribution < 1.29 is 9.32 Å². The van der Waals surface area contributed by atoms with Crippen LogP contribution in [-0.2, 0) is 11.2 Å². The lowest BCUT2D eigenvalue weighted by Gasteiger charge is -2.29. The van der Waals surface area contributed by atoms with E-state index in [1.165, 1.54) is 5.56 Å². The van der Waals surface area contributed by atoms with E-state index < -0.39 is 0 Å². The lowest BCUT2D eigenvalue weighted by Crippen LogP contribution is -2.43. The van der Waals surface area contributed by atoms with Crippen LogP contribution in [0.1, 0.15) is 56.0 Å². The summed E-state index contributed by atoms with van der Waals surface area (Å²) in [6.45, 7) is 8.14. The molecule has 2 N–H and O–H groups in total. The normalized spacial score (nSPS) is 15.8.